The summed E-state index contributed by atoms with van der Waals surface area (Å²) in [6.07, 6.45) is 6.16. The molecule has 5 rings (SSSR count). The molecule has 1 aromatic carbocycles. The van der Waals surface area contributed by atoms with E-state index >= 15 is 0 Å². The predicted molar refractivity (Wildman–Crippen MR) is 113 cm³/mol. The van der Waals surface area contributed by atoms with Crippen molar-refractivity contribution < 1.29 is 34.8 Å². The monoisotopic (exact) mass is 437 g/mol. The number of amides is 1. The highest BCUT2D eigenvalue weighted by Crippen LogP contribution is 2.53. The van der Waals surface area contributed by atoms with Crippen molar-refractivity contribution >= 4 is 23.2 Å². The third kappa shape index (κ3) is 2.56. The maximum absolute atomic E-state index is 13.5. The second-order valence-electron chi connectivity index (χ2n) is 9.05. The minimum absolute atomic E-state index is 0.115. The first-order valence-corrected chi connectivity index (χ1v) is 10.6. The second kappa shape index (κ2) is 6.80. The maximum atomic E-state index is 13.5. The van der Waals surface area contributed by atoms with Crippen LogP contribution in [0.2, 0.25) is 0 Å². The molecule has 0 radical (unpaired) electrons. The highest BCUT2D eigenvalue weighted by molar-refractivity contribution is 6.22. The first-order valence-electron chi connectivity index (χ1n) is 10.6. The molecule has 0 aliphatic heterocycles. The summed E-state index contributed by atoms with van der Waals surface area (Å²) in [4.78, 5) is 37.5. The summed E-state index contributed by atoms with van der Waals surface area (Å²) in [5, 5.41) is 43.4. The summed E-state index contributed by atoms with van der Waals surface area (Å²) in [6.45, 7) is 0. The highest BCUT2D eigenvalue weighted by atomic mass is 16.3. The number of rotatable bonds is 2. The van der Waals surface area contributed by atoms with Crippen molar-refractivity contribution in [2.24, 2.45) is 17.6 Å². The fourth-order valence-corrected chi connectivity index (χ4v) is 5.88. The van der Waals surface area contributed by atoms with Gasteiger partial charge in [-0.3, -0.25) is 14.4 Å². The van der Waals surface area contributed by atoms with Crippen LogP contribution in [0.5, 0.6) is 5.75 Å². The van der Waals surface area contributed by atoms with Gasteiger partial charge in [-0.2, -0.15) is 0 Å². The molecule has 0 heterocycles. The molecule has 8 nitrogen and oxygen atoms in total. The van der Waals surface area contributed by atoms with E-state index in [4.69, 9.17) is 5.73 Å². The lowest BCUT2D eigenvalue weighted by atomic mass is 9.59. The number of hydrogen-bond donors (Lipinski definition) is 5. The van der Waals surface area contributed by atoms with Crippen LogP contribution in [0.25, 0.3) is 5.76 Å². The lowest BCUT2D eigenvalue weighted by Gasteiger charge is -2.46. The Morgan fingerprint density at radius 2 is 1.88 bits per heavy atom. The van der Waals surface area contributed by atoms with E-state index in [2.05, 4.69) is 12.2 Å². The Bertz CT molecular complexity index is 1190. The number of phenolic OH excluding ortho intramolecular Hbond substituents is 1. The minimum Gasteiger partial charge on any atom is -0.508 e. The molecule has 1 fully saturated rings. The third-order valence-electron chi connectivity index (χ3n) is 7.40. The van der Waals surface area contributed by atoms with Gasteiger partial charge < -0.3 is 26.2 Å². The molecule has 4 aliphatic carbocycles. The molecule has 4 aliphatic rings. The molecular weight excluding hydrogens is 414 g/mol. The Balaban J connectivity index is 1.69. The average molecular weight is 437 g/mol. The Morgan fingerprint density at radius 1 is 1.12 bits per heavy atom. The Morgan fingerprint density at radius 3 is 2.53 bits per heavy atom. The molecule has 0 saturated heterocycles. The van der Waals surface area contributed by atoms with Gasteiger partial charge in [0.2, 0.25) is 5.78 Å². The first kappa shape index (κ1) is 20.5. The van der Waals surface area contributed by atoms with E-state index in [1.165, 1.54) is 6.07 Å². The molecule has 8 heteroatoms. The predicted octanol–water partition coefficient (Wildman–Crippen LogP) is 1.86. The first-order chi connectivity index (χ1) is 15.2. The molecule has 32 heavy (non-hydrogen) atoms. The van der Waals surface area contributed by atoms with Gasteiger partial charge in [0.1, 0.15) is 22.8 Å². The molecule has 4 unspecified atom stereocenters. The van der Waals surface area contributed by atoms with Gasteiger partial charge >= 0.3 is 0 Å². The van der Waals surface area contributed by atoms with Gasteiger partial charge in [-0.25, -0.2) is 0 Å². The number of phenols is 1. The summed E-state index contributed by atoms with van der Waals surface area (Å²) in [6, 6.07) is 3.30. The van der Waals surface area contributed by atoms with E-state index in [9.17, 15) is 34.8 Å². The van der Waals surface area contributed by atoms with Crippen LogP contribution in [0.3, 0.4) is 0 Å². The molecule has 6 N–H and O–H groups in total. The van der Waals surface area contributed by atoms with Crippen LogP contribution in [0.15, 0.2) is 41.2 Å². The van der Waals surface area contributed by atoms with Crippen LogP contribution < -0.4 is 5.73 Å². The summed E-state index contributed by atoms with van der Waals surface area (Å²) >= 11 is 0. The van der Waals surface area contributed by atoms with E-state index in [1.807, 2.05) is 6.07 Å². The molecule has 1 saturated carbocycles. The maximum Gasteiger partial charge on any atom is 0.255 e. The Kier molecular flexibility index (Phi) is 4.36. The zero-order valence-corrected chi connectivity index (χ0v) is 17.2. The molecular formula is C24H23NO7. The fraction of sp³-hybridized carbons (Fsp3) is 0.375. The summed E-state index contributed by atoms with van der Waals surface area (Å²) in [7, 11) is 0. The SMILES string of the molecule is NC(=O)C1=C(O)C2(O)C(=O)C3=C(O)c4c(O)ccc(C5C=CCC5)c4CC3CC2CC1=O. The van der Waals surface area contributed by atoms with E-state index in [1.54, 1.807) is 0 Å². The molecule has 4 atom stereocenters. The largest absolute Gasteiger partial charge is 0.508 e. The number of hydrogen-bond acceptors (Lipinski definition) is 7. The average Bonchev–Trinajstić information content (AvgIpc) is 3.25. The number of nitrogens with two attached hydrogens (primary N) is 1. The number of aliphatic hydroxyl groups excluding tert-OH is 2. The normalized spacial score (nSPS) is 31.5. The molecule has 0 bridgehead atoms. The Hall–Kier alpha value is -3.39. The van der Waals surface area contributed by atoms with Gasteiger partial charge in [0.25, 0.3) is 5.91 Å². The number of benzene rings is 1. The van der Waals surface area contributed by atoms with Crippen LogP contribution in [0, 0.1) is 11.8 Å². The van der Waals surface area contributed by atoms with Crippen molar-refractivity contribution in [3.05, 3.63) is 57.9 Å². The highest BCUT2D eigenvalue weighted by Gasteiger charge is 2.60. The van der Waals surface area contributed by atoms with Gasteiger partial charge in [-0.05, 0) is 48.8 Å². The van der Waals surface area contributed by atoms with E-state index in [0.29, 0.717) is 6.42 Å². The van der Waals surface area contributed by atoms with Crippen LogP contribution in [-0.4, -0.2) is 43.5 Å². The van der Waals surface area contributed by atoms with E-state index < -0.39 is 52.0 Å². The van der Waals surface area contributed by atoms with Crippen molar-refractivity contribution in [3.8, 4) is 5.75 Å². The number of carbonyl (C=O) groups is 3. The number of allylic oxidation sites excluding steroid dienone is 2. The quantitative estimate of drug-likeness (QED) is 0.349. The van der Waals surface area contributed by atoms with Gasteiger partial charge in [0.15, 0.2) is 11.4 Å². The van der Waals surface area contributed by atoms with Crippen molar-refractivity contribution in [1.29, 1.82) is 0 Å². The number of Topliss-reactive ketones (excluding diaryl/α,β-unsaturated/α-hetero) is 2. The topological polar surface area (TPSA) is 158 Å². The van der Waals surface area contributed by atoms with E-state index in [-0.39, 0.29) is 35.6 Å². The molecule has 1 aromatic rings. The van der Waals surface area contributed by atoms with Gasteiger partial charge in [-0.1, -0.05) is 18.2 Å². The summed E-state index contributed by atoms with van der Waals surface area (Å²) < 4.78 is 0. The van der Waals surface area contributed by atoms with Crippen LogP contribution in [-0.2, 0) is 20.8 Å². The Labute approximate surface area is 183 Å². The molecule has 0 aromatic heterocycles. The van der Waals surface area contributed by atoms with Crippen molar-refractivity contribution in [2.45, 2.75) is 43.6 Å². The number of ketones is 2. The molecule has 166 valence electrons. The number of primary amides is 1. The molecule has 1 amide bonds. The third-order valence-corrected chi connectivity index (χ3v) is 7.40. The minimum atomic E-state index is -2.53. The summed E-state index contributed by atoms with van der Waals surface area (Å²) in [5.74, 6) is -5.95. The zero-order chi connectivity index (χ0) is 22.9. The van der Waals surface area contributed by atoms with Crippen molar-refractivity contribution in [1.82, 2.24) is 0 Å². The van der Waals surface area contributed by atoms with Gasteiger partial charge in [0, 0.05) is 23.8 Å². The lowest BCUT2D eigenvalue weighted by Crippen LogP contribution is -2.58. The number of carbonyl (C=O) groups excluding carboxylic acids is 3. The van der Waals surface area contributed by atoms with Gasteiger partial charge in [0.05, 0.1) is 5.56 Å². The number of fused-ring (bicyclic) bond motifs is 3. The smallest absolute Gasteiger partial charge is 0.255 e. The number of aromatic hydroxyl groups is 1. The van der Waals surface area contributed by atoms with Gasteiger partial charge in [-0.15, -0.1) is 0 Å². The van der Waals surface area contributed by atoms with Crippen molar-refractivity contribution in [2.75, 3.05) is 0 Å². The zero-order valence-electron chi connectivity index (χ0n) is 17.2. The van der Waals surface area contributed by atoms with Crippen molar-refractivity contribution in [3.63, 3.8) is 0 Å². The standard InChI is InChI=1S/C24H23NO7/c25-23(31)19-16(27)9-12-7-11-8-14-13(10-3-1-2-4-10)5-6-15(26)18(14)20(28)17(11)21(29)24(12,32)22(19)30/h1,3,5-6,10-12,26,28,30,32H,2,4,7-9H2,(H2,25,31). The number of aliphatic hydroxyl groups is 3. The fourth-order valence-electron chi connectivity index (χ4n) is 5.88. The molecule has 0 spiro atoms. The van der Waals surface area contributed by atoms with Crippen LogP contribution in [0.1, 0.15) is 48.3 Å². The van der Waals surface area contributed by atoms with E-state index in [0.717, 1.165) is 24.0 Å². The lowest BCUT2D eigenvalue weighted by molar-refractivity contribution is -0.147. The van der Waals surface area contributed by atoms with Crippen LogP contribution >= 0.6 is 0 Å². The second-order valence-corrected chi connectivity index (χ2v) is 9.05. The van der Waals surface area contributed by atoms with Crippen LogP contribution in [0.4, 0.5) is 0 Å². The summed E-state index contributed by atoms with van der Waals surface area (Å²) in [5.41, 5.74) is 3.61.